The summed E-state index contributed by atoms with van der Waals surface area (Å²) in [6.45, 7) is 0.866. The fraction of sp³-hybridized carbons (Fsp3) is 0.125. The van der Waals surface area contributed by atoms with E-state index in [1.807, 2.05) is 35.0 Å². The first-order valence-electron chi connectivity index (χ1n) is 6.39. The van der Waals surface area contributed by atoms with Crippen LogP contribution >= 0.6 is 0 Å². The van der Waals surface area contributed by atoms with E-state index >= 15 is 0 Å². The van der Waals surface area contributed by atoms with Crippen molar-refractivity contribution in [3.8, 4) is 0 Å². The summed E-state index contributed by atoms with van der Waals surface area (Å²) in [6.07, 6.45) is 1.90. The molecule has 3 aromatic rings. The second-order valence-electron chi connectivity index (χ2n) is 4.78. The molecule has 0 aliphatic rings. The van der Waals surface area contributed by atoms with Crippen LogP contribution in [0.4, 0.5) is 8.78 Å². The number of aromatic nitrogens is 1. The van der Waals surface area contributed by atoms with Crippen LogP contribution in [0.25, 0.3) is 10.9 Å². The second-order valence-corrected chi connectivity index (χ2v) is 4.78. The second kappa shape index (κ2) is 5.06. The quantitative estimate of drug-likeness (QED) is 0.778. The van der Waals surface area contributed by atoms with E-state index in [9.17, 15) is 8.78 Å². The van der Waals surface area contributed by atoms with Crippen molar-refractivity contribution in [3.63, 3.8) is 0 Å². The van der Waals surface area contributed by atoms with Gasteiger partial charge in [-0.2, -0.15) is 0 Å². The maximum absolute atomic E-state index is 13.7. The topological polar surface area (TPSA) is 30.9 Å². The number of halogens is 2. The molecule has 0 fully saturated rings. The lowest BCUT2D eigenvalue weighted by Crippen LogP contribution is -2.01. The number of benzene rings is 2. The molecule has 0 bridgehead atoms. The first kappa shape index (κ1) is 12.8. The molecule has 0 aliphatic carbocycles. The number of hydrogen-bond donors (Lipinski definition) is 1. The van der Waals surface area contributed by atoms with Crippen LogP contribution in [0.2, 0.25) is 0 Å². The Morgan fingerprint density at radius 2 is 1.85 bits per heavy atom. The summed E-state index contributed by atoms with van der Waals surface area (Å²) in [5.74, 6) is -1.08. The van der Waals surface area contributed by atoms with Gasteiger partial charge in [0, 0.05) is 29.9 Å². The summed E-state index contributed by atoms with van der Waals surface area (Å²) in [4.78, 5) is 0. The Hall–Kier alpha value is -2.20. The number of nitrogens with two attached hydrogens (primary N) is 1. The van der Waals surface area contributed by atoms with Crippen molar-refractivity contribution in [2.75, 3.05) is 0 Å². The molecule has 4 heteroatoms. The predicted molar refractivity (Wildman–Crippen MR) is 75.3 cm³/mol. The normalized spacial score (nSPS) is 11.2. The molecule has 0 unspecified atom stereocenters. The Morgan fingerprint density at radius 1 is 1.00 bits per heavy atom. The highest BCUT2D eigenvalue weighted by Crippen LogP contribution is 2.20. The van der Waals surface area contributed by atoms with Gasteiger partial charge in [-0.1, -0.05) is 12.1 Å². The van der Waals surface area contributed by atoms with Crippen molar-refractivity contribution in [2.45, 2.75) is 13.1 Å². The number of hydrogen-bond acceptors (Lipinski definition) is 1. The fourth-order valence-electron chi connectivity index (χ4n) is 2.35. The third-order valence-corrected chi connectivity index (χ3v) is 3.43. The molecule has 0 spiro atoms. The van der Waals surface area contributed by atoms with E-state index < -0.39 is 11.6 Å². The van der Waals surface area contributed by atoms with Gasteiger partial charge in [0.25, 0.3) is 0 Å². The van der Waals surface area contributed by atoms with Crippen LogP contribution in [-0.4, -0.2) is 4.57 Å². The molecular formula is C16H14F2N2. The molecule has 2 N–H and O–H groups in total. The molecule has 0 radical (unpaired) electrons. The van der Waals surface area contributed by atoms with Crippen LogP contribution in [0.3, 0.4) is 0 Å². The summed E-state index contributed by atoms with van der Waals surface area (Å²) in [5.41, 5.74) is 8.14. The summed E-state index contributed by atoms with van der Waals surface area (Å²) >= 11 is 0. The van der Waals surface area contributed by atoms with Gasteiger partial charge < -0.3 is 10.3 Å². The maximum atomic E-state index is 13.7. The lowest BCUT2D eigenvalue weighted by Gasteiger charge is -2.07. The van der Waals surface area contributed by atoms with Crippen LogP contribution in [0.15, 0.2) is 48.7 Å². The number of nitrogens with zero attached hydrogens (tertiary/aromatic N) is 1. The Morgan fingerprint density at radius 3 is 2.60 bits per heavy atom. The Kier molecular flexibility index (Phi) is 3.24. The number of fused-ring (bicyclic) bond motifs is 1. The molecule has 2 nitrogen and oxygen atoms in total. The highest BCUT2D eigenvalue weighted by molar-refractivity contribution is 5.81. The summed E-state index contributed by atoms with van der Waals surface area (Å²) < 4.78 is 28.5. The van der Waals surface area contributed by atoms with Gasteiger partial charge in [0.2, 0.25) is 0 Å². The van der Waals surface area contributed by atoms with Gasteiger partial charge >= 0.3 is 0 Å². The van der Waals surface area contributed by atoms with Gasteiger partial charge in [0.1, 0.15) is 11.6 Å². The third kappa shape index (κ3) is 2.30. The Balaban J connectivity index is 1.98. The predicted octanol–water partition coefficient (Wildman–Crippen LogP) is 3.43. The molecule has 0 saturated heterocycles. The standard InChI is InChI=1S/C16H14F2N2/c17-14-3-2-13(15(18)8-14)10-20-6-5-12-7-11(9-19)1-4-16(12)20/h1-8H,9-10,19H2. The minimum atomic E-state index is -0.559. The molecule has 3 rings (SSSR count). The van der Waals surface area contributed by atoms with Crippen molar-refractivity contribution in [3.05, 3.63) is 71.4 Å². The van der Waals surface area contributed by atoms with Gasteiger partial charge in [0.15, 0.2) is 0 Å². The minimum Gasteiger partial charge on any atom is -0.343 e. The number of rotatable bonds is 3. The molecular weight excluding hydrogens is 258 g/mol. The molecule has 2 aromatic carbocycles. The highest BCUT2D eigenvalue weighted by atomic mass is 19.1. The van der Waals surface area contributed by atoms with E-state index in [2.05, 4.69) is 0 Å². The first-order valence-corrected chi connectivity index (χ1v) is 6.39. The molecule has 102 valence electrons. The van der Waals surface area contributed by atoms with Crippen LogP contribution < -0.4 is 5.73 Å². The third-order valence-electron chi connectivity index (χ3n) is 3.43. The molecule has 0 amide bonds. The van der Waals surface area contributed by atoms with Gasteiger partial charge in [-0.25, -0.2) is 8.78 Å². The average Bonchev–Trinajstić information content (AvgIpc) is 2.84. The van der Waals surface area contributed by atoms with Crippen LogP contribution in [0, 0.1) is 11.6 Å². The zero-order valence-electron chi connectivity index (χ0n) is 10.8. The van der Waals surface area contributed by atoms with Gasteiger partial charge in [0.05, 0.1) is 6.54 Å². The molecule has 1 aromatic heterocycles. The van der Waals surface area contributed by atoms with E-state index in [1.54, 1.807) is 0 Å². The molecule has 0 atom stereocenters. The zero-order chi connectivity index (χ0) is 14.1. The lowest BCUT2D eigenvalue weighted by molar-refractivity contribution is 0.567. The van der Waals surface area contributed by atoms with E-state index in [1.165, 1.54) is 12.1 Å². The van der Waals surface area contributed by atoms with Crippen molar-refractivity contribution >= 4 is 10.9 Å². The summed E-state index contributed by atoms with van der Waals surface area (Å²) in [6, 6.07) is 11.6. The van der Waals surface area contributed by atoms with Crippen molar-refractivity contribution in [2.24, 2.45) is 5.73 Å². The minimum absolute atomic E-state index is 0.373. The highest BCUT2D eigenvalue weighted by Gasteiger charge is 2.07. The monoisotopic (exact) mass is 272 g/mol. The van der Waals surface area contributed by atoms with E-state index in [0.717, 1.165) is 22.5 Å². The van der Waals surface area contributed by atoms with E-state index in [4.69, 9.17) is 5.73 Å². The lowest BCUT2D eigenvalue weighted by atomic mass is 10.1. The molecule has 1 heterocycles. The average molecular weight is 272 g/mol. The first-order chi connectivity index (χ1) is 9.67. The Bertz CT molecular complexity index is 762. The summed E-state index contributed by atoms with van der Waals surface area (Å²) in [7, 11) is 0. The van der Waals surface area contributed by atoms with Crippen LogP contribution in [0.5, 0.6) is 0 Å². The molecule has 0 aliphatic heterocycles. The van der Waals surface area contributed by atoms with Crippen molar-refractivity contribution in [1.29, 1.82) is 0 Å². The Labute approximate surface area is 115 Å². The van der Waals surface area contributed by atoms with Crippen molar-refractivity contribution < 1.29 is 8.78 Å². The van der Waals surface area contributed by atoms with Gasteiger partial charge in [-0.3, -0.25) is 0 Å². The van der Waals surface area contributed by atoms with E-state index in [-0.39, 0.29) is 0 Å². The van der Waals surface area contributed by atoms with Crippen LogP contribution in [0.1, 0.15) is 11.1 Å². The molecule has 20 heavy (non-hydrogen) atoms. The largest absolute Gasteiger partial charge is 0.343 e. The van der Waals surface area contributed by atoms with Gasteiger partial charge in [-0.05, 0) is 35.2 Å². The summed E-state index contributed by atoms with van der Waals surface area (Å²) in [5, 5.41) is 1.07. The maximum Gasteiger partial charge on any atom is 0.131 e. The van der Waals surface area contributed by atoms with Crippen molar-refractivity contribution in [1.82, 2.24) is 4.57 Å². The zero-order valence-corrected chi connectivity index (χ0v) is 10.8. The van der Waals surface area contributed by atoms with Gasteiger partial charge in [-0.15, -0.1) is 0 Å². The fourth-order valence-corrected chi connectivity index (χ4v) is 2.35. The van der Waals surface area contributed by atoms with E-state index in [0.29, 0.717) is 18.7 Å². The smallest absolute Gasteiger partial charge is 0.131 e. The van der Waals surface area contributed by atoms with Crippen LogP contribution in [-0.2, 0) is 13.1 Å². The molecule has 0 saturated carbocycles. The SMILES string of the molecule is NCc1ccc2c(ccn2Cc2ccc(F)cc2F)c1.